The van der Waals surface area contributed by atoms with Gasteiger partial charge in [-0.1, -0.05) is 18.0 Å². The first-order valence-electron chi connectivity index (χ1n) is 6.23. The Kier molecular flexibility index (Phi) is 2.81. The number of nitrogens with two attached hydrogens (primary N) is 1. The Hall–Kier alpha value is -1.10. The van der Waals surface area contributed by atoms with E-state index in [1.54, 1.807) is 18.2 Å². The molecule has 2 atom stereocenters. The molecule has 4 nitrogen and oxygen atoms in total. The summed E-state index contributed by atoms with van der Waals surface area (Å²) >= 11 is 6.01. The molecule has 0 saturated carbocycles. The molecule has 4 N–H and O–H groups in total. The second-order valence-electron chi connectivity index (χ2n) is 4.93. The lowest BCUT2D eigenvalue weighted by Gasteiger charge is -2.36. The average Bonchev–Trinajstić information content (AvgIpc) is 2.64. The van der Waals surface area contributed by atoms with Gasteiger partial charge in [-0.05, 0) is 37.6 Å². The number of hydrogen-bond donors (Lipinski definition) is 3. The first-order chi connectivity index (χ1) is 8.62. The fourth-order valence-electron chi connectivity index (χ4n) is 2.84. The Morgan fingerprint density at radius 2 is 2.28 bits per heavy atom. The number of aliphatic hydroxyl groups is 1. The molecule has 18 heavy (non-hydrogen) atoms. The molecule has 2 aliphatic heterocycles. The van der Waals surface area contributed by atoms with Crippen LogP contribution in [0.2, 0.25) is 5.02 Å². The quantitative estimate of drug-likeness (QED) is 0.723. The van der Waals surface area contributed by atoms with Gasteiger partial charge in [0.15, 0.2) is 5.60 Å². The third-order valence-electron chi connectivity index (χ3n) is 3.82. The third kappa shape index (κ3) is 1.64. The molecule has 0 aromatic heterocycles. The van der Waals surface area contributed by atoms with Crippen molar-refractivity contribution in [2.45, 2.75) is 30.9 Å². The summed E-state index contributed by atoms with van der Waals surface area (Å²) in [5.41, 5.74) is 6.17. The van der Waals surface area contributed by atoms with Crippen LogP contribution in [-0.2, 0) is 5.60 Å². The molecule has 3 rings (SSSR count). The second kappa shape index (κ2) is 4.23. The summed E-state index contributed by atoms with van der Waals surface area (Å²) in [4.78, 5) is 4.27. The van der Waals surface area contributed by atoms with Crippen molar-refractivity contribution >= 4 is 23.1 Å². The molecule has 0 aliphatic carbocycles. The van der Waals surface area contributed by atoms with Gasteiger partial charge in [0, 0.05) is 16.6 Å². The van der Waals surface area contributed by atoms with Gasteiger partial charge in [0.2, 0.25) is 0 Å². The molecule has 0 radical (unpaired) electrons. The normalized spacial score (nSPS) is 31.0. The summed E-state index contributed by atoms with van der Waals surface area (Å²) in [5.74, 6) is 0.263. The first kappa shape index (κ1) is 12.0. The lowest BCUT2D eigenvalue weighted by Crippen LogP contribution is -2.56. The molecule has 1 saturated heterocycles. The number of piperidine rings is 1. The number of fused-ring (bicyclic) bond motifs is 1. The first-order valence-corrected chi connectivity index (χ1v) is 6.60. The van der Waals surface area contributed by atoms with Gasteiger partial charge in [-0.25, -0.2) is 4.99 Å². The monoisotopic (exact) mass is 265 g/mol. The maximum Gasteiger partial charge on any atom is 0.164 e. The predicted octanol–water partition coefficient (Wildman–Crippen LogP) is 1.67. The van der Waals surface area contributed by atoms with Crippen molar-refractivity contribution in [3.05, 3.63) is 28.8 Å². The van der Waals surface area contributed by atoms with Crippen LogP contribution in [0.4, 0.5) is 5.69 Å². The van der Waals surface area contributed by atoms with E-state index in [1.807, 2.05) is 0 Å². The van der Waals surface area contributed by atoms with E-state index in [2.05, 4.69) is 10.3 Å². The summed E-state index contributed by atoms with van der Waals surface area (Å²) in [7, 11) is 0. The Morgan fingerprint density at radius 1 is 1.44 bits per heavy atom. The maximum absolute atomic E-state index is 11.0. The van der Waals surface area contributed by atoms with Crippen LogP contribution in [0.25, 0.3) is 0 Å². The van der Waals surface area contributed by atoms with Gasteiger partial charge in [-0.3, -0.25) is 0 Å². The standard InChI is InChI=1S/C13H16ClN3O/c14-8-4-5-10-9(7-8)13(18,12(15)17-10)11-3-1-2-6-16-11/h4-5,7,11,16,18H,1-3,6H2,(H2,15,17). The van der Waals surface area contributed by atoms with Crippen molar-refractivity contribution in [1.29, 1.82) is 0 Å². The second-order valence-corrected chi connectivity index (χ2v) is 5.36. The van der Waals surface area contributed by atoms with E-state index >= 15 is 0 Å². The van der Waals surface area contributed by atoms with E-state index in [0.717, 1.165) is 25.8 Å². The fourth-order valence-corrected chi connectivity index (χ4v) is 3.01. The number of benzene rings is 1. The Balaban J connectivity index is 2.06. The third-order valence-corrected chi connectivity index (χ3v) is 4.05. The smallest absolute Gasteiger partial charge is 0.164 e. The van der Waals surface area contributed by atoms with Crippen molar-refractivity contribution in [2.24, 2.45) is 10.7 Å². The highest BCUT2D eigenvalue weighted by atomic mass is 35.5. The van der Waals surface area contributed by atoms with Crippen LogP contribution in [-0.4, -0.2) is 23.5 Å². The van der Waals surface area contributed by atoms with Gasteiger partial charge in [-0.2, -0.15) is 0 Å². The molecular weight excluding hydrogens is 250 g/mol. The molecule has 2 aliphatic rings. The minimum Gasteiger partial charge on any atom is -0.384 e. The molecule has 0 amide bonds. The van der Waals surface area contributed by atoms with Crippen LogP contribution in [0, 0.1) is 0 Å². The molecule has 2 unspecified atom stereocenters. The molecule has 1 aromatic carbocycles. The summed E-state index contributed by atoms with van der Waals surface area (Å²) in [6, 6.07) is 5.23. The Bertz CT molecular complexity index is 511. The number of amidine groups is 1. The molecule has 96 valence electrons. The zero-order chi connectivity index (χ0) is 12.8. The number of nitrogens with zero attached hydrogens (tertiary/aromatic N) is 1. The fraction of sp³-hybridized carbons (Fsp3) is 0.462. The number of halogens is 1. The highest BCUT2D eigenvalue weighted by Crippen LogP contribution is 2.42. The van der Waals surface area contributed by atoms with Gasteiger partial charge in [0.25, 0.3) is 0 Å². The lowest BCUT2D eigenvalue weighted by atomic mass is 9.82. The summed E-state index contributed by atoms with van der Waals surface area (Å²) < 4.78 is 0. The molecule has 1 fully saturated rings. The zero-order valence-corrected chi connectivity index (χ0v) is 10.7. The van der Waals surface area contributed by atoms with Crippen LogP contribution in [0.3, 0.4) is 0 Å². The van der Waals surface area contributed by atoms with Crippen LogP contribution in [0.1, 0.15) is 24.8 Å². The van der Waals surface area contributed by atoms with Gasteiger partial charge < -0.3 is 16.2 Å². The predicted molar refractivity (Wildman–Crippen MR) is 72.3 cm³/mol. The van der Waals surface area contributed by atoms with Gasteiger partial charge in [-0.15, -0.1) is 0 Å². The van der Waals surface area contributed by atoms with Crippen molar-refractivity contribution in [1.82, 2.24) is 5.32 Å². The van der Waals surface area contributed by atoms with E-state index in [9.17, 15) is 5.11 Å². The lowest BCUT2D eigenvalue weighted by molar-refractivity contribution is 0.0562. The average molecular weight is 266 g/mol. The SMILES string of the molecule is NC1=Nc2ccc(Cl)cc2C1(O)C1CCCCN1. The number of hydrogen-bond acceptors (Lipinski definition) is 4. The van der Waals surface area contributed by atoms with E-state index in [1.165, 1.54) is 0 Å². The number of rotatable bonds is 1. The van der Waals surface area contributed by atoms with Crippen molar-refractivity contribution in [3.8, 4) is 0 Å². The molecule has 0 bridgehead atoms. The minimum atomic E-state index is -1.22. The van der Waals surface area contributed by atoms with Crippen molar-refractivity contribution in [2.75, 3.05) is 6.54 Å². The van der Waals surface area contributed by atoms with Gasteiger partial charge in [0.05, 0.1) is 5.69 Å². The van der Waals surface area contributed by atoms with E-state index < -0.39 is 5.60 Å². The van der Waals surface area contributed by atoms with Crippen LogP contribution in [0.5, 0.6) is 0 Å². The molecule has 5 heteroatoms. The molecule has 2 heterocycles. The van der Waals surface area contributed by atoms with E-state index in [0.29, 0.717) is 16.3 Å². The Labute approximate surface area is 111 Å². The van der Waals surface area contributed by atoms with E-state index in [-0.39, 0.29) is 11.9 Å². The summed E-state index contributed by atoms with van der Waals surface area (Å²) in [6.45, 7) is 0.899. The highest BCUT2D eigenvalue weighted by Gasteiger charge is 2.47. The van der Waals surface area contributed by atoms with Crippen LogP contribution in [0.15, 0.2) is 23.2 Å². The minimum absolute atomic E-state index is 0.0882. The van der Waals surface area contributed by atoms with Crippen LogP contribution < -0.4 is 11.1 Å². The topological polar surface area (TPSA) is 70.6 Å². The molecule has 1 aromatic rings. The summed E-state index contributed by atoms with van der Waals surface area (Å²) in [6.07, 6.45) is 3.11. The highest BCUT2D eigenvalue weighted by molar-refractivity contribution is 6.30. The molecule has 0 spiro atoms. The summed E-state index contributed by atoms with van der Waals surface area (Å²) in [5, 5.41) is 14.9. The van der Waals surface area contributed by atoms with Crippen LogP contribution >= 0.6 is 11.6 Å². The van der Waals surface area contributed by atoms with Gasteiger partial charge in [0.1, 0.15) is 5.84 Å². The van der Waals surface area contributed by atoms with Crippen molar-refractivity contribution < 1.29 is 5.11 Å². The Morgan fingerprint density at radius 3 is 3.00 bits per heavy atom. The maximum atomic E-state index is 11.0. The van der Waals surface area contributed by atoms with E-state index in [4.69, 9.17) is 17.3 Å². The number of nitrogens with one attached hydrogen (secondary N) is 1. The van der Waals surface area contributed by atoms with Gasteiger partial charge >= 0.3 is 0 Å². The largest absolute Gasteiger partial charge is 0.384 e. The van der Waals surface area contributed by atoms with Crippen molar-refractivity contribution in [3.63, 3.8) is 0 Å². The zero-order valence-electron chi connectivity index (χ0n) is 9.99. The molecular formula is C13H16ClN3O. The number of aliphatic imine (C=N–C) groups is 1.